The number of carbonyl (C=O) groups is 2. The third-order valence-corrected chi connectivity index (χ3v) is 3.91. The third kappa shape index (κ3) is 5.06. The zero-order chi connectivity index (χ0) is 17.0. The van der Waals surface area contributed by atoms with Crippen molar-refractivity contribution in [3.05, 3.63) is 29.8 Å². The topological polar surface area (TPSA) is 70.2 Å². The molecule has 1 fully saturated rings. The summed E-state index contributed by atoms with van der Waals surface area (Å²) in [7, 11) is 0. The molecule has 126 valence electrons. The van der Waals surface area contributed by atoms with Gasteiger partial charge in [0.15, 0.2) is 0 Å². The van der Waals surface area contributed by atoms with Gasteiger partial charge in [0.1, 0.15) is 0 Å². The Morgan fingerprint density at radius 3 is 2.57 bits per heavy atom. The summed E-state index contributed by atoms with van der Waals surface area (Å²) in [6.07, 6.45) is 1.65. The molecular weight excluding hydrogens is 290 g/mol. The van der Waals surface area contributed by atoms with Gasteiger partial charge in [-0.2, -0.15) is 0 Å². The Labute approximate surface area is 138 Å². The second-order valence-corrected chi connectivity index (χ2v) is 7.32. The van der Waals surface area contributed by atoms with E-state index in [4.69, 9.17) is 0 Å². The Kier molecular flexibility index (Phi) is 5.42. The van der Waals surface area contributed by atoms with E-state index in [9.17, 15) is 9.59 Å². The Morgan fingerprint density at radius 2 is 1.91 bits per heavy atom. The SMILES string of the molecule is C[C@H]1C[C@@H](C(=O)Nc2ccccc2C(=O)NC(C)(C)C)CCN1. The molecule has 1 aromatic carbocycles. The summed E-state index contributed by atoms with van der Waals surface area (Å²) < 4.78 is 0. The fourth-order valence-corrected chi connectivity index (χ4v) is 2.80. The highest BCUT2D eigenvalue weighted by atomic mass is 16.2. The zero-order valence-corrected chi connectivity index (χ0v) is 14.4. The van der Waals surface area contributed by atoms with E-state index in [0.29, 0.717) is 17.3 Å². The molecule has 2 rings (SSSR count). The lowest BCUT2D eigenvalue weighted by atomic mass is 9.92. The van der Waals surface area contributed by atoms with Crippen LogP contribution in [0.15, 0.2) is 24.3 Å². The van der Waals surface area contributed by atoms with Crippen LogP contribution in [0.4, 0.5) is 5.69 Å². The summed E-state index contributed by atoms with van der Waals surface area (Å²) in [4.78, 5) is 24.9. The molecule has 1 aliphatic heterocycles. The number of para-hydroxylation sites is 1. The molecule has 2 amide bonds. The molecule has 0 saturated carbocycles. The van der Waals surface area contributed by atoms with Crippen molar-refractivity contribution in [1.29, 1.82) is 0 Å². The monoisotopic (exact) mass is 317 g/mol. The highest BCUT2D eigenvalue weighted by Gasteiger charge is 2.26. The number of anilines is 1. The highest BCUT2D eigenvalue weighted by molar-refractivity contribution is 6.04. The molecule has 0 aromatic heterocycles. The predicted octanol–water partition coefficient (Wildman–Crippen LogP) is 2.54. The first-order valence-electron chi connectivity index (χ1n) is 8.22. The van der Waals surface area contributed by atoms with Crippen LogP contribution in [0, 0.1) is 5.92 Å². The van der Waals surface area contributed by atoms with Gasteiger partial charge in [-0.15, -0.1) is 0 Å². The molecule has 5 heteroatoms. The van der Waals surface area contributed by atoms with Crippen LogP contribution in [-0.2, 0) is 4.79 Å². The van der Waals surface area contributed by atoms with Gasteiger partial charge in [-0.3, -0.25) is 9.59 Å². The zero-order valence-electron chi connectivity index (χ0n) is 14.4. The van der Waals surface area contributed by atoms with E-state index < -0.39 is 0 Å². The van der Waals surface area contributed by atoms with Crippen LogP contribution in [0.3, 0.4) is 0 Å². The second kappa shape index (κ2) is 7.13. The lowest BCUT2D eigenvalue weighted by molar-refractivity contribution is -0.120. The number of piperidine rings is 1. The van der Waals surface area contributed by atoms with Crippen LogP contribution in [0.25, 0.3) is 0 Å². The molecule has 1 aliphatic rings. The van der Waals surface area contributed by atoms with Crippen molar-refractivity contribution in [3.63, 3.8) is 0 Å². The van der Waals surface area contributed by atoms with E-state index in [1.165, 1.54) is 0 Å². The van der Waals surface area contributed by atoms with Crippen molar-refractivity contribution in [2.24, 2.45) is 5.92 Å². The predicted molar refractivity (Wildman–Crippen MR) is 92.5 cm³/mol. The Balaban J connectivity index is 2.11. The fraction of sp³-hybridized carbons (Fsp3) is 0.556. The Hall–Kier alpha value is -1.88. The smallest absolute Gasteiger partial charge is 0.253 e. The minimum absolute atomic E-state index is 0.00522. The van der Waals surface area contributed by atoms with Gasteiger partial charge in [-0.25, -0.2) is 0 Å². The van der Waals surface area contributed by atoms with Crippen LogP contribution in [0.2, 0.25) is 0 Å². The van der Waals surface area contributed by atoms with Crippen LogP contribution in [-0.4, -0.2) is 29.9 Å². The van der Waals surface area contributed by atoms with Crippen molar-refractivity contribution < 1.29 is 9.59 Å². The van der Waals surface area contributed by atoms with Crippen molar-refractivity contribution in [1.82, 2.24) is 10.6 Å². The van der Waals surface area contributed by atoms with Crippen LogP contribution >= 0.6 is 0 Å². The first-order chi connectivity index (χ1) is 10.8. The molecule has 0 bridgehead atoms. The molecule has 2 atom stereocenters. The van der Waals surface area contributed by atoms with E-state index in [2.05, 4.69) is 22.9 Å². The van der Waals surface area contributed by atoms with Crippen molar-refractivity contribution in [3.8, 4) is 0 Å². The summed E-state index contributed by atoms with van der Waals surface area (Å²) in [5.74, 6) is -0.188. The summed E-state index contributed by atoms with van der Waals surface area (Å²) >= 11 is 0. The van der Waals surface area contributed by atoms with Crippen LogP contribution < -0.4 is 16.0 Å². The molecule has 5 nitrogen and oxygen atoms in total. The first kappa shape index (κ1) is 17.5. The van der Waals surface area contributed by atoms with Gasteiger partial charge in [0.05, 0.1) is 11.3 Å². The highest BCUT2D eigenvalue weighted by Crippen LogP contribution is 2.21. The number of rotatable bonds is 3. The number of hydrogen-bond donors (Lipinski definition) is 3. The largest absolute Gasteiger partial charge is 0.347 e. The quantitative estimate of drug-likeness (QED) is 0.802. The van der Waals surface area contributed by atoms with E-state index in [0.717, 1.165) is 19.4 Å². The van der Waals surface area contributed by atoms with Crippen molar-refractivity contribution >= 4 is 17.5 Å². The van der Waals surface area contributed by atoms with Gasteiger partial charge in [0, 0.05) is 17.5 Å². The summed E-state index contributed by atoms with van der Waals surface area (Å²) in [5.41, 5.74) is 0.752. The van der Waals surface area contributed by atoms with Gasteiger partial charge in [-0.1, -0.05) is 12.1 Å². The maximum absolute atomic E-state index is 12.5. The molecule has 0 aliphatic carbocycles. The summed E-state index contributed by atoms with van der Waals surface area (Å²) in [6.45, 7) is 8.74. The molecule has 0 radical (unpaired) electrons. The van der Waals surface area contributed by atoms with E-state index in [1.807, 2.05) is 26.8 Å². The summed E-state index contributed by atoms with van der Waals surface area (Å²) in [5, 5.41) is 9.22. The van der Waals surface area contributed by atoms with Crippen molar-refractivity contribution in [2.75, 3.05) is 11.9 Å². The van der Waals surface area contributed by atoms with E-state index in [-0.39, 0.29) is 23.3 Å². The number of amides is 2. The maximum Gasteiger partial charge on any atom is 0.253 e. The van der Waals surface area contributed by atoms with E-state index in [1.54, 1.807) is 18.2 Å². The van der Waals surface area contributed by atoms with Crippen LogP contribution in [0.5, 0.6) is 0 Å². The minimum atomic E-state index is -0.321. The minimum Gasteiger partial charge on any atom is -0.347 e. The van der Waals surface area contributed by atoms with Gasteiger partial charge in [0.25, 0.3) is 5.91 Å². The number of hydrogen-bond acceptors (Lipinski definition) is 3. The van der Waals surface area contributed by atoms with E-state index >= 15 is 0 Å². The van der Waals surface area contributed by atoms with Gasteiger partial charge in [-0.05, 0) is 59.2 Å². The average molecular weight is 317 g/mol. The molecule has 1 saturated heterocycles. The number of benzene rings is 1. The molecule has 3 N–H and O–H groups in total. The van der Waals surface area contributed by atoms with Gasteiger partial charge in [0.2, 0.25) is 5.91 Å². The normalized spacial score (nSPS) is 21.6. The average Bonchev–Trinajstić information content (AvgIpc) is 2.46. The fourth-order valence-electron chi connectivity index (χ4n) is 2.80. The molecule has 1 heterocycles. The molecule has 23 heavy (non-hydrogen) atoms. The standard InChI is InChI=1S/C18H27N3O2/c1-12-11-13(9-10-19-12)16(22)20-15-8-6-5-7-14(15)17(23)21-18(2,3)4/h5-8,12-13,19H,9-11H2,1-4H3,(H,20,22)(H,21,23)/t12-,13-/m0/s1. The summed E-state index contributed by atoms with van der Waals surface area (Å²) in [6, 6.07) is 7.50. The van der Waals surface area contributed by atoms with Crippen LogP contribution in [0.1, 0.15) is 50.9 Å². The Morgan fingerprint density at radius 1 is 1.22 bits per heavy atom. The second-order valence-electron chi connectivity index (χ2n) is 7.32. The molecule has 1 aromatic rings. The lowest BCUT2D eigenvalue weighted by Crippen LogP contribution is -2.42. The van der Waals surface area contributed by atoms with Gasteiger partial charge < -0.3 is 16.0 Å². The number of carbonyl (C=O) groups excluding carboxylic acids is 2. The third-order valence-electron chi connectivity index (χ3n) is 3.91. The number of nitrogens with one attached hydrogen (secondary N) is 3. The molecular formula is C18H27N3O2. The maximum atomic E-state index is 12.5. The first-order valence-corrected chi connectivity index (χ1v) is 8.22. The van der Waals surface area contributed by atoms with Crippen molar-refractivity contribution in [2.45, 2.75) is 52.1 Å². The lowest BCUT2D eigenvalue weighted by Gasteiger charge is -2.27. The van der Waals surface area contributed by atoms with Gasteiger partial charge >= 0.3 is 0 Å². The Bertz CT molecular complexity index is 578. The molecule has 0 spiro atoms. The molecule has 0 unspecified atom stereocenters.